The number of nitrogens with zero attached hydrogens (tertiary/aromatic N) is 1. The zero-order valence-corrected chi connectivity index (χ0v) is 16.7. The third-order valence-electron chi connectivity index (χ3n) is 5.73. The zero-order chi connectivity index (χ0) is 21.0. The van der Waals surface area contributed by atoms with Crippen molar-refractivity contribution in [3.8, 4) is 28.7 Å². The van der Waals surface area contributed by atoms with Crippen LogP contribution in [-0.4, -0.2) is 51.0 Å². The first-order valence-corrected chi connectivity index (χ1v) is 9.41. The lowest BCUT2D eigenvalue weighted by molar-refractivity contribution is -0.121. The number of urea groups is 1. The molecule has 9 nitrogen and oxygen atoms in total. The predicted molar refractivity (Wildman–Crippen MR) is 103 cm³/mol. The van der Waals surface area contributed by atoms with Crippen molar-refractivity contribution in [2.45, 2.75) is 18.5 Å². The van der Waals surface area contributed by atoms with Crippen LogP contribution in [0.3, 0.4) is 0 Å². The Hall–Kier alpha value is -3.62. The summed E-state index contributed by atoms with van der Waals surface area (Å²) >= 11 is 0. The highest BCUT2D eigenvalue weighted by atomic mass is 16.7. The Balaban J connectivity index is 1.73. The molecule has 1 saturated heterocycles. The van der Waals surface area contributed by atoms with Gasteiger partial charge in [0.25, 0.3) is 5.91 Å². The molecule has 9 heteroatoms. The van der Waals surface area contributed by atoms with E-state index in [4.69, 9.17) is 23.7 Å². The van der Waals surface area contributed by atoms with Crippen LogP contribution in [0.1, 0.15) is 22.7 Å². The Labute approximate surface area is 172 Å². The topological polar surface area (TPSA) is 95.6 Å². The van der Waals surface area contributed by atoms with Gasteiger partial charge in [0.2, 0.25) is 12.5 Å². The minimum absolute atomic E-state index is 0.139. The van der Waals surface area contributed by atoms with Gasteiger partial charge in [0.15, 0.2) is 23.0 Å². The Bertz CT molecular complexity index is 1040. The molecule has 0 unspecified atom stereocenters. The number of methoxy groups -OCH3 is 3. The van der Waals surface area contributed by atoms with Gasteiger partial charge in [-0.15, -0.1) is 0 Å². The first-order chi connectivity index (χ1) is 14.5. The van der Waals surface area contributed by atoms with Crippen LogP contribution in [0.4, 0.5) is 4.79 Å². The minimum Gasteiger partial charge on any atom is -0.493 e. The SMILES string of the molecule is COc1cc([C@@H]2c3cc4c(cc3C[C@H]3C(=O)NC(=O)N23)OCO4)cc(OC)c1OC. The summed E-state index contributed by atoms with van der Waals surface area (Å²) in [5, 5.41) is 2.43. The Morgan fingerprint density at radius 1 is 0.967 bits per heavy atom. The summed E-state index contributed by atoms with van der Waals surface area (Å²) in [7, 11) is 4.59. The number of carbonyl (C=O) groups is 2. The molecule has 2 atom stereocenters. The Kier molecular flexibility index (Phi) is 4.12. The lowest BCUT2D eigenvalue weighted by Crippen LogP contribution is -2.44. The second-order valence-electron chi connectivity index (χ2n) is 7.19. The number of amides is 3. The van der Waals surface area contributed by atoms with E-state index in [0.29, 0.717) is 35.2 Å². The molecule has 2 aromatic carbocycles. The van der Waals surface area contributed by atoms with Crippen LogP contribution in [-0.2, 0) is 11.2 Å². The van der Waals surface area contributed by atoms with Crippen molar-refractivity contribution >= 4 is 11.9 Å². The second kappa shape index (κ2) is 6.72. The molecule has 3 aliphatic heterocycles. The third kappa shape index (κ3) is 2.54. The molecule has 0 spiro atoms. The Morgan fingerprint density at radius 3 is 2.27 bits per heavy atom. The summed E-state index contributed by atoms with van der Waals surface area (Å²) in [6.07, 6.45) is 0.393. The number of imide groups is 1. The normalized spacial score (nSPS) is 21.1. The summed E-state index contributed by atoms with van der Waals surface area (Å²) in [6.45, 7) is 0.139. The van der Waals surface area contributed by atoms with E-state index in [1.165, 1.54) is 21.3 Å². The molecule has 3 heterocycles. The van der Waals surface area contributed by atoms with Gasteiger partial charge in [0, 0.05) is 6.42 Å². The van der Waals surface area contributed by atoms with Crippen LogP contribution in [0.5, 0.6) is 28.7 Å². The van der Waals surface area contributed by atoms with E-state index in [0.717, 1.165) is 16.7 Å². The summed E-state index contributed by atoms with van der Waals surface area (Å²) < 4.78 is 27.5. The van der Waals surface area contributed by atoms with Gasteiger partial charge >= 0.3 is 6.03 Å². The predicted octanol–water partition coefficient (Wildman–Crippen LogP) is 2.01. The summed E-state index contributed by atoms with van der Waals surface area (Å²) in [6, 6.07) is 5.74. The van der Waals surface area contributed by atoms with Crippen molar-refractivity contribution in [3.05, 3.63) is 41.0 Å². The quantitative estimate of drug-likeness (QED) is 0.768. The minimum atomic E-state index is -0.616. The monoisotopic (exact) mass is 412 g/mol. The number of hydrogen-bond donors (Lipinski definition) is 1. The number of hydrogen-bond acceptors (Lipinski definition) is 7. The lowest BCUT2D eigenvalue weighted by atomic mass is 9.84. The third-order valence-corrected chi connectivity index (χ3v) is 5.73. The molecule has 0 bridgehead atoms. The zero-order valence-electron chi connectivity index (χ0n) is 16.7. The van der Waals surface area contributed by atoms with Crippen molar-refractivity contribution in [1.82, 2.24) is 10.2 Å². The highest BCUT2D eigenvalue weighted by molar-refractivity contribution is 6.05. The molecule has 1 N–H and O–H groups in total. The fourth-order valence-corrected chi connectivity index (χ4v) is 4.40. The molecule has 5 rings (SSSR count). The lowest BCUT2D eigenvalue weighted by Gasteiger charge is -2.38. The van der Waals surface area contributed by atoms with E-state index in [9.17, 15) is 9.59 Å². The maximum absolute atomic E-state index is 12.7. The van der Waals surface area contributed by atoms with Gasteiger partial charge in [0.05, 0.1) is 27.4 Å². The molecule has 0 aromatic heterocycles. The molecule has 3 amide bonds. The van der Waals surface area contributed by atoms with Crippen molar-refractivity contribution in [2.75, 3.05) is 28.1 Å². The first-order valence-electron chi connectivity index (χ1n) is 9.41. The molecule has 156 valence electrons. The highest BCUT2D eigenvalue weighted by Crippen LogP contribution is 2.48. The van der Waals surface area contributed by atoms with Gasteiger partial charge in [-0.2, -0.15) is 0 Å². The fraction of sp³-hybridized carbons (Fsp3) is 0.333. The van der Waals surface area contributed by atoms with E-state index < -0.39 is 18.1 Å². The van der Waals surface area contributed by atoms with Crippen molar-refractivity contribution < 1.29 is 33.3 Å². The van der Waals surface area contributed by atoms with Gasteiger partial charge in [-0.1, -0.05) is 0 Å². The van der Waals surface area contributed by atoms with Crippen LogP contribution in [0.2, 0.25) is 0 Å². The first kappa shape index (κ1) is 18.4. The molecular weight excluding hydrogens is 392 g/mol. The second-order valence-corrected chi connectivity index (χ2v) is 7.19. The molecule has 0 aliphatic carbocycles. The van der Waals surface area contributed by atoms with Gasteiger partial charge in [-0.3, -0.25) is 10.1 Å². The maximum atomic E-state index is 12.7. The standard InChI is InChI=1S/C21H20N2O7/c1-26-16-6-11(7-17(27-2)19(16)28-3)18-12-8-15-14(29-9-30-15)5-10(12)4-13-20(24)22-21(25)23(13)18/h5-8,13,18H,4,9H2,1-3H3,(H,22,24,25)/t13-,18+/m0/s1. The summed E-state index contributed by atoms with van der Waals surface area (Å²) in [5.41, 5.74) is 2.50. The van der Waals surface area contributed by atoms with Crippen LogP contribution < -0.4 is 29.0 Å². The Morgan fingerprint density at radius 2 is 1.63 bits per heavy atom. The number of benzene rings is 2. The largest absolute Gasteiger partial charge is 0.493 e. The van der Waals surface area contributed by atoms with Gasteiger partial charge in [-0.25, -0.2) is 4.79 Å². The van der Waals surface area contributed by atoms with Crippen LogP contribution in [0, 0.1) is 0 Å². The van der Waals surface area contributed by atoms with Gasteiger partial charge in [0.1, 0.15) is 6.04 Å². The van der Waals surface area contributed by atoms with Gasteiger partial charge < -0.3 is 28.6 Å². The number of rotatable bonds is 4. The fourth-order valence-electron chi connectivity index (χ4n) is 4.40. The smallest absolute Gasteiger partial charge is 0.325 e. The van der Waals surface area contributed by atoms with E-state index in [2.05, 4.69) is 5.32 Å². The van der Waals surface area contributed by atoms with E-state index in [1.807, 2.05) is 12.1 Å². The number of carbonyl (C=O) groups excluding carboxylic acids is 2. The average Bonchev–Trinajstić information content (AvgIpc) is 3.32. The van der Waals surface area contributed by atoms with E-state index >= 15 is 0 Å². The van der Waals surface area contributed by atoms with Crippen LogP contribution in [0.25, 0.3) is 0 Å². The number of ether oxygens (including phenoxy) is 5. The average molecular weight is 412 g/mol. The van der Waals surface area contributed by atoms with Gasteiger partial charge in [-0.05, 0) is 41.0 Å². The maximum Gasteiger partial charge on any atom is 0.325 e. The van der Waals surface area contributed by atoms with E-state index in [1.54, 1.807) is 17.0 Å². The van der Waals surface area contributed by atoms with Crippen LogP contribution in [0.15, 0.2) is 24.3 Å². The summed E-state index contributed by atoms with van der Waals surface area (Å²) in [4.78, 5) is 26.8. The van der Waals surface area contributed by atoms with Crippen molar-refractivity contribution in [3.63, 3.8) is 0 Å². The molecule has 0 radical (unpaired) electrons. The van der Waals surface area contributed by atoms with Crippen molar-refractivity contribution in [2.24, 2.45) is 0 Å². The summed E-state index contributed by atoms with van der Waals surface area (Å²) in [5.74, 6) is 2.29. The molecule has 30 heavy (non-hydrogen) atoms. The van der Waals surface area contributed by atoms with E-state index in [-0.39, 0.29) is 12.7 Å². The van der Waals surface area contributed by atoms with Crippen LogP contribution >= 0.6 is 0 Å². The van der Waals surface area contributed by atoms with Crippen molar-refractivity contribution in [1.29, 1.82) is 0 Å². The highest BCUT2D eigenvalue weighted by Gasteiger charge is 2.48. The number of fused-ring (bicyclic) bond motifs is 3. The molecule has 3 aliphatic rings. The molecule has 1 fully saturated rings. The molecular formula is C21H20N2O7. The molecule has 0 saturated carbocycles. The molecule has 2 aromatic rings. The number of nitrogens with one attached hydrogen (secondary N) is 1.